The van der Waals surface area contributed by atoms with Crippen LogP contribution in [0.1, 0.15) is 16.7 Å². The monoisotopic (exact) mass is 515 g/mol. The maximum Gasteiger partial charge on any atom is 0.255 e. The lowest BCUT2D eigenvalue weighted by Crippen LogP contribution is -2.39. The summed E-state index contributed by atoms with van der Waals surface area (Å²) in [6.45, 7) is 1.46. The number of nitrogens with one attached hydrogen (secondary N) is 1. The smallest absolute Gasteiger partial charge is 0.255 e. The van der Waals surface area contributed by atoms with Crippen molar-refractivity contribution in [1.82, 2.24) is 9.73 Å². The summed E-state index contributed by atoms with van der Waals surface area (Å²) < 4.78 is 38.4. The first-order valence-electron chi connectivity index (χ1n) is 10.6. The molecule has 3 aromatic rings. The Labute approximate surface area is 210 Å². The molecule has 3 rings (SSSR count). The summed E-state index contributed by atoms with van der Waals surface area (Å²) in [4.78, 5) is 12.8. The summed E-state index contributed by atoms with van der Waals surface area (Å²) in [5.41, 5.74) is 4.66. The van der Waals surface area contributed by atoms with Crippen LogP contribution in [0.2, 0.25) is 5.02 Å². The number of hydrazone groups is 1. The minimum absolute atomic E-state index is 0.0124. The SMILES string of the molecule is COc1ccc(OC)c(/C=N\NC(=O)CN(Cc2ccccc2C)S(=O)(=O)c2ccc(Cl)cc2)c1. The Morgan fingerprint density at radius 2 is 1.77 bits per heavy atom. The summed E-state index contributed by atoms with van der Waals surface area (Å²) in [6.07, 6.45) is 1.40. The fourth-order valence-electron chi connectivity index (χ4n) is 3.27. The van der Waals surface area contributed by atoms with Gasteiger partial charge < -0.3 is 9.47 Å². The van der Waals surface area contributed by atoms with Gasteiger partial charge in [-0.1, -0.05) is 35.9 Å². The molecule has 1 N–H and O–H groups in total. The van der Waals surface area contributed by atoms with Crippen molar-refractivity contribution in [3.63, 3.8) is 0 Å². The quantitative estimate of drug-likeness (QED) is 0.325. The van der Waals surface area contributed by atoms with Crippen molar-refractivity contribution in [3.8, 4) is 11.5 Å². The molecule has 10 heteroatoms. The molecule has 184 valence electrons. The highest BCUT2D eigenvalue weighted by Crippen LogP contribution is 2.23. The molecule has 3 aromatic carbocycles. The Morgan fingerprint density at radius 3 is 2.43 bits per heavy atom. The summed E-state index contributed by atoms with van der Waals surface area (Å²) >= 11 is 5.92. The van der Waals surface area contributed by atoms with Crippen LogP contribution in [0, 0.1) is 6.92 Å². The lowest BCUT2D eigenvalue weighted by Gasteiger charge is -2.22. The van der Waals surface area contributed by atoms with Crippen LogP contribution >= 0.6 is 11.6 Å². The van der Waals surface area contributed by atoms with Gasteiger partial charge >= 0.3 is 0 Å². The molecule has 0 bridgehead atoms. The maximum absolute atomic E-state index is 13.4. The normalized spacial score (nSPS) is 11.6. The van der Waals surface area contributed by atoms with Crippen molar-refractivity contribution in [2.45, 2.75) is 18.4 Å². The van der Waals surface area contributed by atoms with Gasteiger partial charge in [-0.3, -0.25) is 4.79 Å². The number of halogens is 1. The number of benzene rings is 3. The third-order valence-corrected chi connectivity index (χ3v) is 7.27. The molecular formula is C25H26ClN3O5S. The Balaban J connectivity index is 1.82. The molecule has 0 atom stereocenters. The van der Waals surface area contributed by atoms with E-state index < -0.39 is 22.5 Å². The van der Waals surface area contributed by atoms with Crippen LogP contribution in [0.4, 0.5) is 0 Å². The van der Waals surface area contributed by atoms with E-state index in [0.717, 1.165) is 15.4 Å². The van der Waals surface area contributed by atoms with E-state index in [-0.39, 0.29) is 11.4 Å². The van der Waals surface area contributed by atoms with Crippen molar-refractivity contribution >= 4 is 33.7 Å². The predicted molar refractivity (Wildman–Crippen MR) is 136 cm³/mol. The molecule has 8 nitrogen and oxygen atoms in total. The zero-order chi connectivity index (χ0) is 25.4. The third kappa shape index (κ3) is 6.82. The van der Waals surface area contributed by atoms with Crippen molar-refractivity contribution in [2.24, 2.45) is 5.10 Å². The van der Waals surface area contributed by atoms with Crippen LogP contribution in [0.3, 0.4) is 0 Å². The van der Waals surface area contributed by atoms with E-state index in [1.165, 1.54) is 44.7 Å². The summed E-state index contributed by atoms with van der Waals surface area (Å²) in [7, 11) is -0.946. The van der Waals surface area contributed by atoms with E-state index in [4.69, 9.17) is 21.1 Å². The summed E-state index contributed by atoms with van der Waals surface area (Å²) in [6, 6.07) is 18.3. The number of amides is 1. The second-order valence-electron chi connectivity index (χ2n) is 7.55. The number of methoxy groups -OCH3 is 2. The highest BCUT2D eigenvalue weighted by molar-refractivity contribution is 7.89. The largest absolute Gasteiger partial charge is 0.497 e. The number of carbonyl (C=O) groups excluding carboxylic acids is 1. The van der Waals surface area contributed by atoms with Gasteiger partial charge in [-0.05, 0) is 60.5 Å². The van der Waals surface area contributed by atoms with Gasteiger partial charge in [0.2, 0.25) is 10.0 Å². The number of carbonyl (C=O) groups is 1. The molecule has 0 heterocycles. The topological polar surface area (TPSA) is 97.3 Å². The van der Waals surface area contributed by atoms with Gasteiger partial charge in [0.25, 0.3) is 5.91 Å². The number of nitrogens with zero attached hydrogens (tertiary/aromatic N) is 2. The van der Waals surface area contributed by atoms with Gasteiger partial charge in [-0.2, -0.15) is 9.41 Å². The maximum atomic E-state index is 13.4. The Kier molecular flexibility index (Phi) is 8.86. The molecular weight excluding hydrogens is 490 g/mol. The molecule has 0 spiro atoms. The lowest BCUT2D eigenvalue weighted by molar-refractivity contribution is -0.121. The van der Waals surface area contributed by atoms with Gasteiger partial charge in [0, 0.05) is 17.1 Å². The van der Waals surface area contributed by atoms with Gasteiger partial charge in [0.15, 0.2) is 0 Å². The number of rotatable bonds is 10. The van der Waals surface area contributed by atoms with Gasteiger partial charge in [-0.15, -0.1) is 0 Å². The fourth-order valence-corrected chi connectivity index (χ4v) is 4.77. The molecule has 0 aliphatic carbocycles. The molecule has 0 aliphatic rings. The van der Waals surface area contributed by atoms with E-state index in [2.05, 4.69) is 10.5 Å². The fraction of sp³-hybridized carbons (Fsp3) is 0.200. The number of sulfonamides is 1. The van der Waals surface area contributed by atoms with Crippen molar-refractivity contribution in [1.29, 1.82) is 0 Å². The van der Waals surface area contributed by atoms with Crippen LogP contribution in [0.15, 0.2) is 76.7 Å². The minimum atomic E-state index is -4.00. The Morgan fingerprint density at radius 1 is 1.06 bits per heavy atom. The van der Waals surface area contributed by atoms with Gasteiger partial charge in [-0.25, -0.2) is 13.8 Å². The van der Waals surface area contributed by atoms with Crippen molar-refractivity contribution < 1.29 is 22.7 Å². The Bertz CT molecular complexity index is 1310. The first-order valence-corrected chi connectivity index (χ1v) is 12.4. The van der Waals surface area contributed by atoms with E-state index in [0.29, 0.717) is 22.1 Å². The van der Waals surface area contributed by atoms with Crippen LogP contribution in [0.5, 0.6) is 11.5 Å². The van der Waals surface area contributed by atoms with Gasteiger partial charge in [0.05, 0.1) is 31.9 Å². The van der Waals surface area contributed by atoms with Gasteiger partial charge in [0.1, 0.15) is 11.5 Å². The zero-order valence-electron chi connectivity index (χ0n) is 19.6. The molecule has 1 amide bonds. The summed E-state index contributed by atoms with van der Waals surface area (Å²) in [5.74, 6) is 0.529. The van der Waals surface area contributed by atoms with Crippen LogP contribution < -0.4 is 14.9 Å². The van der Waals surface area contributed by atoms with Crippen LogP contribution in [0.25, 0.3) is 0 Å². The molecule has 0 saturated heterocycles. The molecule has 35 heavy (non-hydrogen) atoms. The van der Waals surface area contributed by atoms with E-state index in [1.54, 1.807) is 18.2 Å². The molecule has 0 aromatic heterocycles. The number of aryl methyl sites for hydroxylation is 1. The highest BCUT2D eigenvalue weighted by Gasteiger charge is 2.27. The lowest BCUT2D eigenvalue weighted by atomic mass is 10.1. The van der Waals surface area contributed by atoms with E-state index in [9.17, 15) is 13.2 Å². The third-order valence-electron chi connectivity index (χ3n) is 5.21. The number of ether oxygens (including phenoxy) is 2. The molecule has 0 saturated carbocycles. The molecule has 0 aliphatic heterocycles. The predicted octanol–water partition coefficient (Wildman–Crippen LogP) is 4.01. The number of hydrogen-bond donors (Lipinski definition) is 1. The average molecular weight is 516 g/mol. The van der Waals surface area contributed by atoms with Crippen LogP contribution in [-0.4, -0.2) is 45.6 Å². The molecule has 0 radical (unpaired) electrons. The van der Waals surface area contributed by atoms with Crippen molar-refractivity contribution in [3.05, 3.63) is 88.4 Å². The second-order valence-corrected chi connectivity index (χ2v) is 9.93. The van der Waals surface area contributed by atoms with Crippen LogP contribution in [-0.2, 0) is 21.4 Å². The zero-order valence-corrected chi connectivity index (χ0v) is 21.1. The van der Waals surface area contributed by atoms with E-state index in [1.807, 2.05) is 31.2 Å². The van der Waals surface area contributed by atoms with E-state index >= 15 is 0 Å². The highest BCUT2D eigenvalue weighted by atomic mass is 35.5. The second kappa shape index (κ2) is 11.8. The summed E-state index contributed by atoms with van der Waals surface area (Å²) in [5, 5.41) is 4.38. The van der Waals surface area contributed by atoms with Crippen molar-refractivity contribution in [2.75, 3.05) is 20.8 Å². The molecule has 0 unspecified atom stereocenters. The first-order chi connectivity index (χ1) is 16.7. The number of hydrogen-bond acceptors (Lipinski definition) is 6. The average Bonchev–Trinajstić information content (AvgIpc) is 2.85. The minimum Gasteiger partial charge on any atom is -0.497 e. The standard InChI is InChI=1S/C25H26ClN3O5S/c1-18-6-4-5-7-19(18)16-29(35(31,32)23-11-8-21(26)9-12-23)17-25(30)28-27-15-20-14-22(33-2)10-13-24(20)34-3/h4-15H,16-17H2,1-3H3,(H,28,30)/b27-15-. The Hall–Kier alpha value is -3.40. The first kappa shape index (κ1) is 26.2. The molecule has 0 fully saturated rings.